The van der Waals surface area contributed by atoms with E-state index in [1.54, 1.807) is 0 Å². The Morgan fingerprint density at radius 2 is 1.13 bits per heavy atom. The number of hydrogen-bond acceptors (Lipinski definition) is 8. The Kier molecular flexibility index (Phi) is 6.87. The predicted octanol–water partition coefficient (Wildman–Crippen LogP) is 6.16. The van der Waals surface area contributed by atoms with Crippen LogP contribution in [0.2, 0.25) is 0 Å². The summed E-state index contributed by atoms with van der Waals surface area (Å²) >= 11 is 0. The fourth-order valence-corrected chi connectivity index (χ4v) is 9.55. The van der Waals surface area contributed by atoms with Crippen LogP contribution < -0.4 is 19.6 Å². The van der Waals surface area contributed by atoms with E-state index >= 15 is 0 Å². The van der Waals surface area contributed by atoms with Gasteiger partial charge < -0.3 is 39.2 Å². The van der Waals surface area contributed by atoms with E-state index in [-0.39, 0.29) is 11.3 Å². The molecule has 246 valence electrons. The predicted molar refractivity (Wildman–Crippen MR) is 195 cm³/mol. The summed E-state index contributed by atoms with van der Waals surface area (Å²) < 4.78 is 0. The zero-order chi connectivity index (χ0) is 32.7. The van der Waals surface area contributed by atoms with Gasteiger partial charge in [-0.3, -0.25) is 0 Å². The summed E-state index contributed by atoms with van der Waals surface area (Å²) in [5.41, 5.74) is 11.3. The van der Waals surface area contributed by atoms with E-state index in [1.165, 1.54) is 63.9 Å². The van der Waals surface area contributed by atoms with Crippen LogP contribution in [0, 0.1) is 0 Å². The summed E-state index contributed by atoms with van der Waals surface area (Å²) in [4.78, 5) is 19.8. The molecule has 0 N–H and O–H groups in total. The Balaban J connectivity index is 1.11. The van der Waals surface area contributed by atoms with Gasteiger partial charge in [0.2, 0.25) is 0 Å². The maximum atomic E-state index is 2.62. The third kappa shape index (κ3) is 4.12. The first-order valence-corrected chi connectivity index (χ1v) is 17.3. The Morgan fingerprint density at radius 1 is 0.617 bits per heavy atom. The molecule has 8 heteroatoms. The highest BCUT2D eigenvalue weighted by atomic mass is 15.6. The first-order chi connectivity index (χ1) is 22.7. The molecule has 0 saturated heterocycles. The molecule has 5 aliphatic heterocycles. The summed E-state index contributed by atoms with van der Waals surface area (Å²) in [6, 6.07) is 16.1. The Hall–Kier alpha value is -4.46. The second kappa shape index (κ2) is 10.8. The number of nitrogens with zero attached hydrogens (tertiary/aromatic N) is 8. The van der Waals surface area contributed by atoms with Crippen LogP contribution in [0.5, 0.6) is 0 Å². The van der Waals surface area contributed by atoms with Crippen LogP contribution in [0.15, 0.2) is 102 Å². The highest BCUT2D eigenvalue weighted by molar-refractivity contribution is 5.86. The van der Waals surface area contributed by atoms with Crippen LogP contribution in [-0.2, 0) is 6.54 Å². The van der Waals surface area contributed by atoms with Crippen molar-refractivity contribution in [2.75, 3.05) is 82.0 Å². The van der Waals surface area contributed by atoms with Crippen LogP contribution in [0.1, 0.15) is 37.7 Å². The summed E-state index contributed by atoms with van der Waals surface area (Å²) in [6.07, 6.45) is 19.6. The van der Waals surface area contributed by atoms with Crippen LogP contribution in [0.4, 0.5) is 22.7 Å². The quantitative estimate of drug-likeness (QED) is 0.397. The molecule has 1 aliphatic carbocycles. The van der Waals surface area contributed by atoms with Crippen molar-refractivity contribution >= 4 is 22.7 Å². The van der Waals surface area contributed by atoms with Crippen LogP contribution in [0.3, 0.4) is 0 Å². The second-order valence-corrected chi connectivity index (χ2v) is 14.4. The van der Waals surface area contributed by atoms with Crippen molar-refractivity contribution in [3.05, 3.63) is 108 Å². The van der Waals surface area contributed by atoms with E-state index in [0.717, 1.165) is 38.9 Å². The molecular formula is C39H50N8. The normalized spacial score (nSPS) is 24.0. The first kappa shape index (κ1) is 29.9. The summed E-state index contributed by atoms with van der Waals surface area (Å²) in [5.74, 6) is 0. The molecule has 0 amide bonds. The fraction of sp³-hybridized carbons (Fsp3) is 0.436. The van der Waals surface area contributed by atoms with Crippen molar-refractivity contribution in [2.45, 2.75) is 50.0 Å². The molecule has 8 rings (SSSR count). The van der Waals surface area contributed by atoms with E-state index in [4.69, 9.17) is 0 Å². The maximum absolute atomic E-state index is 2.62. The number of allylic oxidation sites excluding steroid dienone is 4. The SMILES string of the molecule is CN(C)C1=CC2=C3C=C(N(C)Cc4ccc5c(c4)N(C)C4(CCCCC46N(C)c4ccccc4N6C)N5C)C=CN3CCCN2C=C1. The van der Waals surface area contributed by atoms with Gasteiger partial charge in [0.25, 0.3) is 0 Å². The van der Waals surface area contributed by atoms with Gasteiger partial charge in [-0.25, -0.2) is 0 Å². The molecule has 0 aromatic heterocycles. The summed E-state index contributed by atoms with van der Waals surface area (Å²) in [5, 5.41) is 0. The Morgan fingerprint density at radius 3 is 1.70 bits per heavy atom. The molecule has 5 heterocycles. The standard InChI is InChI=1S/C39H50N8/c1-40(2)30-17-23-46-21-12-22-47-24-18-31(27-37(47)36(46)26-30)41(3)28-29-15-16-34-35(25-29)45(7)39(44(34)6)20-11-10-19-38(39)42(4)32-13-8-9-14-33(32)43(38)5/h8-9,13-18,23-27H,10-12,19-22,28H2,1-7H3. The van der Waals surface area contributed by atoms with Gasteiger partial charge in [-0.15, -0.1) is 0 Å². The number of fused-ring (bicyclic) bond motifs is 5. The average molecular weight is 631 g/mol. The lowest BCUT2D eigenvalue weighted by atomic mass is 9.75. The van der Waals surface area contributed by atoms with Gasteiger partial charge in [-0.05, 0) is 86.2 Å². The van der Waals surface area contributed by atoms with Gasteiger partial charge in [-0.1, -0.05) is 18.2 Å². The third-order valence-electron chi connectivity index (χ3n) is 12.0. The van der Waals surface area contributed by atoms with Crippen molar-refractivity contribution in [3.63, 3.8) is 0 Å². The van der Waals surface area contributed by atoms with Crippen molar-refractivity contribution in [3.8, 4) is 0 Å². The van der Waals surface area contributed by atoms with Gasteiger partial charge in [-0.2, -0.15) is 0 Å². The minimum atomic E-state index is -0.189. The highest BCUT2D eigenvalue weighted by Crippen LogP contribution is 2.60. The molecule has 0 bridgehead atoms. The van der Waals surface area contributed by atoms with Crippen molar-refractivity contribution in [1.29, 1.82) is 0 Å². The lowest BCUT2D eigenvalue weighted by molar-refractivity contribution is 0.148. The number of likely N-dealkylation sites (N-methyl/N-ethyl adjacent to an activating group) is 6. The topological polar surface area (TPSA) is 25.9 Å². The summed E-state index contributed by atoms with van der Waals surface area (Å²) in [7, 11) is 15.8. The lowest BCUT2D eigenvalue weighted by Gasteiger charge is -2.62. The second-order valence-electron chi connectivity index (χ2n) is 14.4. The zero-order valence-corrected chi connectivity index (χ0v) is 29.2. The van der Waals surface area contributed by atoms with Crippen molar-refractivity contribution < 1.29 is 0 Å². The molecule has 2 aromatic carbocycles. The smallest absolute Gasteiger partial charge is 0.155 e. The van der Waals surface area contributed by atoms with E-state index in [0.29, 0.717) is 0 Å². The molecule has 1 saturated carbocycles. The van der Waals surface area contributed by atoms with Gasteiger partial charge in [0.05, 0.1) is 34.1 Å². The van der Waals surface area contributed by atoms with Crippen molar-refractivity contribution in [1.82, 2.24) is 19.6 Å². The minimum absolute atomic E-state index is 0.172. The summed E-state index contributed by atoms with van der Waals surface area (Å²) in [6.45, 7) is 2.91. The first-order valence-electron chi connectivity index (χ1n) is 17.3. The number of benzene rings is 2. The molecule has 2 aromatic rings. The number of para-hydroxylation sites is 2. The molecule has 1 unspecified atom stereocenters. The lowest BCUT2D eigenvalue weighted by Crippen LogP contribution is -2.79. The number of hydrogen-bond donors (Lipinski definition) is 0. The average Bonchev–Trinajstić information content (AvgIpc) is 3.31. The van der Waals surface area contributed by atoms with Gasteiger partial charge in [0.15, 0.2) is 11.3 Å². The molecule has 1 atom stereocenters. The molecule has 0 radical (unpaired) electrons. The fourth-order valence-electron chi connectivity index (χ4n) is 9.55. The number of rotatable bonds is 4. The monoisotopic (exact) mass is 630 g/mol. The minimum Gasteiger partial charge on any atom is -0.378 e. The number of anilines is 4. The molecule has 6 aliphatic rings. The zero-order valence-electron chi connectivity index (χ0n) is 29.2. The Bertz CT molecular complexity index is 1720. The molecule has 8 nitrogen and oxygen atoms in total. The molecule has 1 fully saturated rings. The third-order valence-corrected chi connectivity index (χ3v) is 12.0. The van der Waals surface area contributed by atoms with E-state index in [1.807, 2.05) is 0 Å². The molecule has 47 heavy (non-hydrogen) atoms. The van der Waals surface area contributed by atoms with E-state index < -0.39 is 0 Å². The molecular weight excluding hydrogens is 580 g/mol. The van der Waals surface area contributed by atoms with Gasteiger partial charge in [0.1, 0.15) is 0 Å². The Labute approximate surface area is 281 Å². The van der Waals surface area contributed by atoms with Crippen LogP contribution in [0.25, 0.3) is 0 Å². The maximum Gasteiger partial charge on any atom is 0.155 e. The van der Waals surface area contributed by atoms with E-state index in [9.17, 15) is 0 Å². The van der Waals surface area contributed by atoms with E-state index in [2.05, 4.69) is 168 Å². The molecule has 2 spiro atoms. The van der Waals surface area contributed by atoms with Crippen LogP contribution in [-0.4, -0.2) is 93.3 Å². The van der Waals surface area contributed by atoms with Gasteiger partial charge >= 0.3 is 0 Å². The van der Waals surface area contributed by atoms with Gasteiger partial charge in [0, 0.05) is 92.8 Å². The highest BCUT2D eigenvalue weighted by Gasteiger charge is 2.67. The van der Waals surface area contributed by atoms with Crippen LogP contribution >= 0.6 is 0 Å². The largest absolute Gasteiger partial charge is 0.378 e. The van der Waals surface area contributed by atoms with Crippen molar-refractivity contribution in [2.24, 2.45) is 0 Å².